The van der Waals surface area contributed by atoms with E-state index in [0.29, 0.717) is 15.5 Å². The maximum absolute atomic E-state index is 13.9. The highest BCUT2D eigenvalue weighted by Crippen LogP contribution is 2.32. The Labute approximate surface area is 220 Å². The molecule has 1 amide bonds. The van der Waals surface area contributed by atoms with E-state index in [-0.39, 0.29) is 29.1 Å². The topological polar surface area (TPSA) is 57.6 Å². The van der Waals surface area contributed by atoms with Gasteiger partial charge in [-0.1, -0.05) is 53.5 Å². The Hall–Kier alpha value is -3.26. The fourth-order valence-electron chi connectivity index (χ4n) is 3.89. The van der Waals surface area contributed by atoms with Crippen molar-refractivity contribution in [3.05, 3.63) is 116 Å². The van der Waals surface area contributed by atoms with Crippen LogP contribution in [0.15, 0.2) is 78.2 Å². The van der Waals surface area contributed by atoms with Gasteiger partial charge in [-0.05, 0) is 58.5 Å². The summed E-state index contributed by atoms with van der Waals surface area (Å²) in [6, 6.07) is 16.9. The van der Waals surface area contributed by atoms with Gasteiger partial charge in [0, 0.05) is 22.4 Å². The zero-order valence-corrected chi connectivity index (χ0v) is 21.0. The minimum absolute atomic E-state index is 0.0441. The molecule has 0 aliphatic heterocycles. The molecule has 0 saturated carbocycles. The van der Waals surface area contributed by atoms with Gasteiger partial charge >= 0.3 is 5.97 Å². The van der Waals surface area contributed by atoms with Crippen LogP contribution in [0.5, 0.6) is 0 Å². The average Bonchev–Trinajstić information content (AvgIpc) is 3.29. The molecule has 184 valence electrons. The third-order valence-electron chi connectivity index (χ3n) is 5.59. The molecule has 4 rings (SSSR count). The molecule has 0 aliphatic rings. The first-order valence-corrected chi connectivity index (χ1v) is 12.4. The van der Waals surface area contributed by atoms with Crippen LogP contribution >= 0.6 is 34.5 Å². The van der Waals surface area contributed by atoms with Crippen LogP contribution in [0.25, 0.3) is 11.1 Å². The molecule has 4 nitrogen and oxygen atoms in total. The minimum atomic E-state index is -1.24. The number of hydrogen-bond acceptors (Lipinski definition) is 3. The van der Waals surface area contributed by atoms with Gasteiger partial charge in [0.05, 0.1) is 17.1 Å². The van der Waals surface area contributed by atoms with Crippen LogP contribution in [-0.4, -0.2) is 27.9 Å². The highest BCUT2D eigenvalue weighted by Gasteiger charge is 2.32. The van der Waals surface area contributed by atoms with Gasteiger partial charge in [0.15, 0.2) is 0 Å². The van der Waals surface area contributed by atoms with Crippen molar-refractivity contribution in [1.82, 2.24) is 4.90 Å². The number of nitrogens with zero attached hydrogens (tertiary/aromatic N) is 1. The number of amides is 1. The summed E-state index contributed by atoms with van der Waals surface area (Å²) < 4.78 is 27.8. The van der Waals surface area contributed by atoms with Gasteiger partial charge in [-0.25, -0.2) is 13.6 Å². The van der Waals surface area contributed by atoms with E-state index in [1.807, 2.05) is 6.07 Å². The molecule has 9 heteroatoms. The second-order valence-electron chi connectivity index (χ2n) is 8.02. The van der Waals surface area contributed by atoms with E-state index < -0.39 is 29.6 Å². The van der Waals surface area contributed by atoms with Crippen LogP contribution in [-0.2, 0) is 17.8 Å². The summed E-state index contributed by atoms with van der Waals surface area (Å²) in [5, 5.41) is 12.3. The van der Waals surface area contributed by atoms with Crippen LogP contribution in [0.2, 0.25) is 10.0 Å². The summed E-state index contributed by atoms with van der Waals surface area (Å²) in [6.07, 6.45) is 0.0441. The van der Waals surface area contributed by atoms with Crippen molar-refractivity contribution in [2.24, 2.45) is 0 Å². The van der Waals surface area contributed by atoms with E-state index in [1.165, 1.54) is 46.6 Å². The van der Waals surface area contributed by atoms with E-state index >= 15 is 0 Å². The zero-order valence-electron chi connectivity index (χ0n) is 18.6. The Morgan fingerprint density at radius 1 is 0.944 bits per heavy atom. The second kappa shape index (κ2) is 11.2. The van der Waals surface area contributed by atoms with E-state index in [9.17, 15) is 23.5 Å². The van der Waals surface area contributed by atoms with Gasteiger partial charge in [0.2, 0.25) is 0 Å². The third kappa shape index (κ3) is 5.93. The lowest BCUT2D eigenvalue weighted by molar-refractivity contribution is -0.142. The zero-order chi connectivity index (χ0) is 25.8. The van der Waals surface area contributed by atoms with Gasteiger partial charge < -0.3 is 10.0 Å². The molecule has 0 bridgehead atoms. The van der Waals surface area contributed by atoms with Crippen LogP contribution in [0.3, 0.4) is 0 Å². The molecular weight excluding hydrogens is 527 g/mol. The third-order valence-corrected chi connectivity index (χ3v) is 7.04. The Kier molecular flexibility index (Phi) is 8.04. The van der Waals surface area contributed by atoms with Gasteiger partial charge in [-0.15, -0.1) is 11.3 Å². The molecule has 1 heterocycles. The molecule has 0 spiro atoms. The van der Waals surface area contributed by atoms with E-state index in [2.05, 4.69) is 0 Å². The molecule has 3 aromatic carbocycles. The minimum Gasteiger partial charge on any atom is -0.480 e. The van der Waals surface area contributed by atoms with Gasteiger partial charge in [-0.3, -0.25) is 4.79 Å². The van der Waals surface area contributed by atoms with Crippen molar-refractivity contribution in [3.63, 3.8) is 0 Å². The molecule has 0 fully saturated rings. The fourth-order valence-corrected chi connectivity index (χ4v) is 5.28. The molecule has 36 heavy (non-hydrogen) atoms. The van der Waals surface area contributed by atoms with Crippen LogP contribution in [0.1, 0.15) is 20.8 Å². The molecule has 1 atom stereocenters. The van der Waals surface area contributed by atoms with Crippen LogP contribution in [0, 0.1) is 11.6 Å². The first-order valence-electron chi connectivity index (χ1n) is 10.8. The second-order valence-corrected chi connectivity index (χ2v) is 9.86. The number of carboxylic acids is 1. The summed E-state index contributed by atoms with van der Waals surface area (Å²) in [5.74, 6) is -3.29. The molecule has 0 unspecified atom stereocenters. The monoisotopic (exact) mass is 545 g/mol. The van der Waals surface area contributed by atoms with Crippen LogP contribution < -0.4 is 0 Å². The van der Waals surface area contributed by atoms with Gasteiger partial charge in [-0.2, -0.15) is 0 Å². The number of rotatable bonds is 8. The quantitative estimate of drug-likeness (QED) is 0.252. The molecule has 0 radical (unpaired) electrons. The molecule has 0 saturated heterocycles. The number of hydrogen-bond donors (Lipinski definition) is 1. The van der Waals surface area contributed by atoms with E-state index in [0.717, 1.165) is 11.6 Å². The Bertz CT molecular complexity index is 1390. The van der Waals surface area contributed by atoms with Crippen molar-refractivity contribution in [1.29, 1.82) is 0 Å². The lowest BCUT2D eigenvalue weighted by atomic mass is 10.0. The Morgan fingerprint density at radius 2 is 1.64 bits per heavy atom. The first-order chi connectivity index (χ1) is 17.2. The van der Waals surface area contributed by atoms with Crippen molar-refractivity contribution in [2.45, 2.75) is 19.0 Å². The number of carboxylic acid groups (broad SMARTS) is 1. The van der Waals surface area contributed by atoms with Crippen LogP contribution in [0.4, 0.5) is 8.78 Å². The summed E-state index contributed by atoms with van der Waals surface area (Å²) in [5.41, 5.74) is 1.61. The number of aliphatic carboxylic acids is 1. The normalized spacial score (nSPS) is 11.8. The molecule has 0 aliphatic carbocycles. The van der Waals surface area contributed by atoms with Gasteiger partial charge in [0.25, 0.3) is 5.91 Å². The molecular formula is C27H19Cl2F2NO3S. The lowest BCUT2D eigenvalue weighted by Crippen LogP contribution is -2.46. The largest absolute Gasteiger partial charge is 0.480 e. The standard InChI is InChI=1S/C27H19Cl2F2NO3S/c28-18-6-7-22(23(29)13-18)26(33)32(24(27(34)35)10-16-4-2-1-3-5-16)15-25-21(8-9-36-25)17-11-19(30)14-20(31)12-17/h1-9,11-14,24H,10,15H2,(H,34,35)/t24-/m0/s1. The average molecular weight is 546 g/mol. The summed E-state index contributed by atoms with van der Waals surface area (Å²) >= 11 is 13.5. The Morgan fingerprint density at radius 3 is 2.28 bits per heavy atom. The van der Waals surface area contributed by atoms with Crippen molar-refractivity contribution >= 4 is 46.4 Å². The van der Waals surface area contributed by atoms with E-state index in [1.54, 1.807) is 35.7 Å². The fraction of sp³-hybridized carbons (Fsp3) is 0.111. The number of benzene rings is 3. The number of thiophene rings is 1. The van der Waals surface area contributed by atoms with Crippen molar-refractivity contribution < 1.29 is 23.5 Å². The highest BCUT2D eigenvalue weighted by molar-refractivity contribution is 7.10. The van der Waals surface area contributed by atoms with Crippen molar-refractivity contribution in [2.75, 3.05) is 0 Å². The SMILES string of the molecule is O=C(O)[C@H](Cc1ccccc1)N(Cc1sccc1-c1cc(F)cc(F)c1)C(=O)c1ccc(Cl)cc1Cl. The summed E-state index contributed by atoms with van der Waals surface area (Å²) in [4.78, 5) is 27.9. The predicted molar refractivity (Wildman–Crippen MR) is 138 cm³/mol. The number of carbonyl (C=O) groups excluding carboxylic acids is 1. The smallest absolute Gasteiger partial charge is 0.326 e. The number of halogens is 4. The Balaban J connectivity index is 1.78. The van der Waals surface area contributed by atoms with E-state index in [4.69, 9.17) is 23.2 Å². The van der Waals surface area contributed by atoms with Crippen molar-refractivity contribution in [3.8, 4) is 11.1 Å². The first kappa shape index (κ1) is 25.8. The molecule has 1 N–H and O–H groups in total. The highest BCUT2D eigenvalue weighted by atomic mass is 35.5. The lowest BCUT2D eigenvalue weighted by Gasteiger charge is -2.30. The summed E-state index contributed by atoms with van der Waals surface area (Å²) in [6.45, 7) is -0.118. The maximum Gasteiger partial charge on any atom is 0.326 e. The maximum atomic E-state index is 13.9. The number of carbonyl (C=O) groups is 2. The summed E-state index contributed by atoms with van der Waals surface area (Å²) in [7, 11) is 0. The molecule has 4 aromatic rings. The van der Waals surface area contributed by atoms with Gasteiger partial charge in [0.1, 0.15) is 17.7 Å². The molecule has 1 aromatic heterocycles. The predicted octanol–water partition coefficient (Wildman–Crippen LogP) is 7.34.